The number of aromatic nitrogens is 1. The van der Waals surface area contributed by atoms with E-state index in [0.717, 1.165) is 28.7 Å². The minimum Gasteiger partial charge on any atom is -0.384 e. The van der Waals surface area contributed by atoms with Gasteiger partial charge in [0.1, 0.15) is 10.8 Å². The molecule has 0 saturated carbocycles. The maximum atomic E-state index is 4.99. The lowest BCUT2D eigenvalue weighted by Gasteiger charge is -2.02. The van der Waals surface area contributed by atoms with E-state index >= 15 is 0 Å². The second kappa shape index (κ2) is 6.96. The van der Waals surface area contributed by atoms with Crippen molar-refractivity contribution >= 4 is 34.4 Å². The minimum atomic E-state index is 0.657. The Morgan fingerprint density at radius 2 is 2.58 bits per heavy atom. The normalized spacial score (nSPS) is 14.1. The first-order valence-corrected chi connectivity index (χ1v) is 6.77. The fourth-order valence-corrected chi connectivity index (χ4v) is 2.42. The van der Waals surface area contributed by atoms with Gasteiger partial charge in [-0.3, -0.25) is 0 Å². The fourth-order valence-electron chi connectivity index (χ4n) is 1.56. The van der Waals surface area contributed by atoms with Gasteiger partial charge >= 0.3 is 0 Å². The molecule has 0 fully saturated rings. The summed E-state index contributed by atoms with van der Waals surface area (Å²) in [6.07, 6.45) is 9.28. The number of aliphatic imine (C=N–C) groups is 2. The summed E-state index contributed by atoms with van der Waals surface area (Å²) in [6.45, 7) is 4.20. The molecule has 1 aliphatic heterocycles. The van der Waals surface area contributed by atoms with Crippen LogP contribution in [0.1, 0.15) is 12.1 Å². The Labute approximate surface area is 116 Å². The second-order valence-electron chi connectivity index (χ2n) is 3.84. The van der Waals surface area contributed by atoms with Gasteiger partial charge in [-0.05, 0) is 25.3 Å². The quantitative estimate of drug-likeness (QED) is 0.642. The van der Waals surface area contributed by atoms with Crippen LogP contribution in [0.3, 0.4) is 0 Å². The Hall–Kier alpha value is -1.79. The summed E-state index contributed by atoms with van der Waals surface area (Å²) in [6, 6.07) is 0. The molecule has 1 N–H and O–H groups in total. The van der Waals surface area contributed by atoms with Gasteiger partial charge in [0, 0.05) is 26.4 Å². The van der Waals surface area contributed by atoms with Gasteiger partial charge in [0.15, 0.2) is 5.13 Å². The molecular weight excluding hydrogens is 260 g/mol. The van der Waals surface area contributed by atoms with Crippen molar-refractivity contribution in [3.05, 3.63) is 29.7 Å². The molecule has 2 rings (SSSR count). The van der Waals surface area contributed by atoms with E-state index in [0.29, 0.717) is 12.4 Å². The molecule has 0 amide bonds. The van der Waals surface area contributed by atoms with Gasteiger partial charge in [-0.15, -0.1) is 0 Å². The van der Waals surface area contributed by atoms with Crippen LogP contribution in [0.25, 0.3) is 0 Å². The van der Waals surface area contributed by atoms with Crippen LogP contribution in [0.5, 0.6) is 0 Å². The zero-order valence-electron chi connectivity index (χ0n) is 10.8. The third-order valence-corrected chi connectivity index (χ3v) is 3.39. The average molecular weight is 276 g/mol. The SMILES string of the molecule is C=N/C(=C\CCOC)Nc1nc2c(s1)N=CC=CC2. The molecule has 0 aliphatic carbocycles. The van der Waals surface area contributed by atoms with E-state index in [1.807, 2.05) is 18.2 Å². The second-order valence-corrected chi connectivity index (χ2v) is 4.81. The van der Waals surface area contributed by atoms with Crippen LogP contribution in [0.2, 0.25) is 0 Å². The molecular formula is C13H16N4OS. The highest BCUT2D eigenvalue weighted by Gasteiger charge is 2.10. The highest BCUT2D eigenvalue weighted by atomic mass is 32.1. The Morgan fingerprint density at radius 1 is 1.68 bits per heavy atom. The summed E-state index contributed by atoms with van der Waals surface area (Å²) in [7, 11) is 1.67. The molecule has 1 aromatic heterocycles. The molecule has 19 heavy (non-hydrogen) atoms. The molecule has 100 valence electrons. The van der Waals surface area contributed by atoms with E-state index in [4.69, 9.17) is 4.74 Å². The Balaban J connectivity index is 2.06. The number of hydrogen-bond donors (Lipinski definition) is 1. The maximum Gasteiger partial charge on any atom is 0.190 e. The van der Waals surface area contributed by atoms with Gasteiger partial charge in [-0.1, -0.05) is 17.4 Å². The van der Waals surface area contributed by atoms with Crippen molar-refractivity contribution < 1.29 is 4.74 Å². The van der Waals surface area contributed by atoms with Gasteiger partial charge < -0.3 is 10.1 Å². The summed E-state index contributed by atoms with van der Waals surface area (Å²) >= 11 is 1.51. The lowest BCUT2D eigenvalue weighted by molar-refractivity contribution is 0.204. The lowest BCUT2D eigenvalue weighted by Crippen LogP contribution is -1.97. The molecule has 0 aromatic carbocycles. The molecule has 5 nitrogen and oxygen atoms in total. The van der Waals surface area contributed by atoms with Crippen LogP contribution in [-0.4, -0.2) is 31.6 Å². The third-order valence-electron chi connectivity index (χ3n) is 2.47. The molecule has 1 aliphatic rings. The predicted molar refractivity (Wildman–Crippen MR) is 80.9 cm³/mol. The summed E-state index contributed by atoms with van der Waals surface area (Å²) < 4.78 is 4.99. The number of fused-ring (bicyclic) bond motifs is 1. The zero-order chi connectivity index (χ0) is 13.5. The van der Waals surface area contributed by atoms with Crippen LogP contribution in [0, 0.1) is 0 Å². The Morgan fingerprint density at radius 3 is 3.37 bits per heavy atom. The third kappa shape index (κ3) is 3.84. The number of rotatable bonds is 6. The summed E-state index contributed by atoms with van der Waals surface area (Å²) in [5, 5.41) is 4.87. The van der Waals surface area contributed by atoms with Gasteiger partial charge in [-0.2, -0.15) is 0 Å². The summed E-state index contributed by atoms with van der Waals surface area (Å²) in [5.74, 6) is 0.695. The number of nitrogens with zero attached hydrogens (tertiary/aromatic N) is 3. The van der Waals surface area contributed by atoms with Crippen molar-refractivity contribution in [3.8, 4) is 0 Å². The van der Waals surface area contributed by atoms with Crippen LogP contribution >= 0.6 is 11.3 Å². The van der Waals surface area contributed by atoms with Crippen molar-refractivity contribution in [1.29, 1.82) is 0 Å². The molecule has 6 heteroatoms. The van der Waals surface area contributed by atoms with Crippen molar-refractivity contribution in [3.63, 3.8) is 0 Å². The topological polar surface area (TPSA) is 58.9 Å². The molecule has 0 saturated heterocycles. The molecule has 0 radical (unpaired) electrons. The lowest BCUT2D eigenvalue weighted by atomic mass is 10.3. The Kier molecular flexibility index (Phi) is 5.00. The van der Waals surface area contributed by atoms with Crippen LogP contribution in [0.15, 0.2) is 34.0 Å². The van der Waals surface area contributed by atoms with Crippen molar-refractivity contribution in [2.75, 3.05) is 19.0 Å². The van der Waals surface area contributed by atoms with Crippen molar-refractivity contribution in [2.24, 2.45) is 9.98 Å². The van der Waals surface area contributed by atoms with E-state index < -0.39 is 0 Å². The maximum absolute atomic E-state index is 4.99. The average Bonchev–Trinajstić information content (AvgIpc) is 2.67. The van der Waals surface area contributed by atoms with Crippen molar-refractivity contribution in [2.45, 2.75) is 12.8 Å². The van der Waals surface area contributed by atoms with E-state index in [1.165, 1.54) is 11.3 Å². The van der Waals surface area contributed by atoms with Crippen LogP contribution in [-0.2, 0) is 11.2 Å². The molecule has 1 aromatic rings. The van der Waals surface area contributed by atoms with Crippen LogP contribution < -0.4 is 5.32 Å². The summed E-state index contributed by atoms with van der Waals surface area (Å²) in [5.41, 5.74) is 0.984. The van der Waals surface area contributed by atoms with E-state index in [-0.39, 0.29) is 0 Å². The number of nitrogens with one attached hydrogen (secondary N) is 1. The fraction of sp³-hybridized carbons (Fsp3) is 0.308. The number of thiazole rings is 1. The molecule has 0 unspecified atom stereocenters. The monoisotopic (exact) mass is 276 g/mol. The van der Waals surface area contributed by atoms with Gasteiger partial charge in [0.2, 0.25) is 0 Å². The standard InChI is InChI=1S/C13H16N4OS/c1-14-11(7-5-9-18-2)17-13-16-10-6-3-4-8-15-12(10)19-13/h3-4,7-8H,1,5-6,9H2,2H3,(H,16,17)/b11-7+. The van der Waals surface area contributed by atoms with Gasteiger partial charge in [0.25, 0.3) is 0 Å². The van der Waals surface area contributed by atoms with E-state index in [9.17, 15) is 0 Å². The zero-order valence-corrected chi connectivity index (χ0v) is 11.6. The number of allylic oxidation sites excluding steroid dienone is 2. The number of ether oxygens (including phenoxy) is 1. The van der Waals surface area contributed by atoms with Crippen molar-refractivity contribution in [1.82, 2.24) is 4.98 Å². The largest absolute Gasteiger partial charge is 0.384 e. The van der Waals surface area contributed by atoms with Crippen LogP contribution in [0.4, 0.5) is 10.1 Å². The first kappa shape index (κ1) is 13.6. The summed E-state index contributed by atoms with van der Waals surface area (Å²) in [4.78, 5) is 12.8. The molecule has 2 heterocycles. The van der Waals surface area contributed by atoms with E-state index in [1.54, 1.807) is 13.3 Å². The first-order valence-electron chi connectivity index (χ1n) is 5.95. The highest BCUT2D eigenvalue weighted by molar-refractivity contribution is 7.19. The molecule has 0 atom stereocenters. The smallest absolute Gasteiger partial charge is 0.190 e. The molecule has 0 bridgehead atoms. The van der Waals surface area contributed by atoms with Gasteiger partial charge in [-0.25, -0.2) is 15.0 Å². The first-order chi connectivity index (χ1) is 9.33. The van der Waals surface area contributed by atoms with E-state index in [2.05, 4.69) is 27.0 Å². The number of methoxy groups -OCH3 is 1. The predicted octanol–water partition coefficient (Wildman–Crippen LogP) is 2.95. The molecule has 0 spiro atoms. The highest BCUT2D eigenvalue weighted by Crippen LogP contribution is 2.33. The minimum absolute atomic E-state index is 0.657. The number of hydrogen-bond acceptors (Lipinski definition) is 6. The Bertz CT molecular complexity index is 531. The van der Waals surface area contributed by atoms with Gasteiger partial charge in [0.05, 0.1) is 5.69 Å². The number of anilines is 1.